The number of halogens is 1. The van der Waals surface area contributed by atoms with Crippen LogP contribution in [0.4, 0.5) is 0 Å². The molecule has 0 heterocycles. The summed E-state index contributed by atoms with van der Waals surface area (Å²) in [6.45, 7) is 0. The summed E-state index contributed by atoms with van der Waals surface area (Å²) >= 11 is 3.53. The average Bonchev–Trinajstić information content (AvgIpc) is 2.98. The van der Waals surface area contributed by atoms with Crippen molar-refractivity contribution in [3.8, 4) is 0 Å². The lowest BCUT2D eigenvalue weighted by Gasteiger charge is -2.16. The molecule has 0 bridgehead atoms. The molecule has 2 aliphatic carbocycles. The molecule has 1 unspecified atom stereocenters. The highest BCUT2D eigenvalue weighted by atomic mass is 79.9. The molecule has 0 saturated heterocycles. The van der Waals surface area contributed by atoms with E-state index in [1.54, 1.807) is 0 Å². The molecule has 2 heteroatoms. The molecule has 2 fully saturated rings. The zero-order valence-electron chi connectivity index (χ0n) is 8.04. The van der Waals surface area contributed by atoms with Gasteiger partial charge in [-0.3, -0.25) is 0 Å². The third kappa shape index (κ3) is 1.17. The van der Waals surface area contributed by atoms with E-state index >= 15 is 0 Å². The van der Waals surface area contributed by atoms with E-state index in [1.165, 1.54) is 29.3 Å². The third-order valence-electron chi connectivity index (χ3n) is 3.73. The van der Waals surface area contributed by atoms with Crippen LogP contribution in [0.25, 0.3) is 0 Å². The van der Waals surface area contributed by atoms with Crippen LogP contribution in [0.5, 0.6) is 0 Å². The maximum Gasteiger partial charge on any atom is 0.0178 e. The second-order valence-electron chi connectivity index (χ2n) is 4.64. The highest BCUT2D eigenvalue weighted by molar-refractivity contribution is 9.10. The van der Waals surface area contributed by atoms with Crippen molar-refractivity contribution in [1.29, 1.82) is 0 Å². The first-order valence-corrected chi connectivity index (χ1v) is 6.04. The summed E-state index contributed by atoms with van der Waals surface area (Å²) in [7, 11) is 0. The van der Waals surface area contributed by atoms with Crippen molar-refractivity contribution in [3.05, 3.63) is 34.3 Å². The standard InChI is InChI=1S/C12H14BrN/c13-10-3-1-2-9(6-10)12(7-11(12)14)8-4-5-8/h1-3,6,8,11H,4-5,7,14H2/t11-,12?/m1/s1. The zero-order valence-corrected chi connectivity index (χ0v) is 9.63. The number of hydrogen-bond acceptors (Lipinski definition) is 1. The van der Waals surface area contributed by atoms with E-state index in [0.717, 1.165) is 5.92 Å². The first kappa shape index (κ1) is 8.93. The topological polar surface area (TPSA) is 26.0 Å². The molecule has 0 radical (unpaired) electrons. The highest BCUT2D eigenvalue weighted by Gasteiger charge is 2.61. The fourth-order valence-electron chi connectivity index (χ4n) is 2.72. The Morgan fingerprint density at radius 1 is 1.36 bits per heavy atom. The lowest BCUT2D eigenvalue weighted by Crippen LogP contribution is -2.20. The summed E-state index contributed by atoms with van der Waals surface area (Å²) in [4.78, 5) is 0. The SMILES string of the molecule is N[C@@H]1CC1(c1cccc(Br)c1)C1CC1. The van der Waals surface area contributed by atoms with E-state index in [0.29, 0.717) is 11.5 Å². The fraction of sp³-hybridized carbons (Fsp3) is 0.500. The lowest BCUT2D eigenvalue weighted by molar-refractivity contribution is 0.573. The summed E-state index contributed by atoms with van der Waals surface area (Å²) in [6, 6.07) is 9.08. The molecule has 2 N–H and O–H groups in total. The van der Waals surface area contributed by atoms with Gasteiger partial charge in [0.25, 0.3) is 0 Å². The van der Waals surface area contributed by atoms with Crippen molar-refractivity contribution in [3.63, 3.8) is 0 Å². The van der Waals surface area contributed by atoms with Crippen LogP contribution in [0.15, 0.2) is 28.7 Å². The first-order valence-electron chi connectivity index (χ1n) is 5.25. The quantitative estimate of drug-likeness (QED) is 0.860. The lowest BCUT2D eigenvalue weighted by atomic mass is 9.90. The van der Waals surface area contributed by atoms with Crippen molar-refractivity contribution in [2.75, 3.05) is 0 Å². The van der Waals surface area contributed by atoms with Gasteiger partial charge in [-0.1, -0.05) is 28.1 Å². The molecule has 3 rings (SSSR count). The molecule has 0 amide bonds. The molecular weight excluding hydrogens is 238 g/mol. The summed E-state index contributed by atoms with van der Waals surface area (Å²) in [5.41, 5.74) is 7.91. The van der Waals surface area contributed by atoms with E-state index in [-0.39, 0.29) is 0 Å². The van der Waals surface area contributed by atoms with Gasteiger partial charge in [-0.25, -0.2) is 0 Å². The minimum atomic E-state index is 0.351. The van der Waals surface area contributed by atoms with Gasteiger partial charge in [-0.05, 0) is 42.9 Å². The Balaban J connectivity index is 2.01. The first-order chi connectivity index (χ1) is 6.73. The van der Waals surface area contributed by atoms with Crippen molar-refractivity contribution < 1.29 is 0 Å². The van der Waals surface area contributed by atoms with E-state index in [9.17, 15) is 0 Å². The summed E-state index contributed by atoms with van der Waals surface area (Å²) in [5, 5.41) is 0. The fourth-order valence-corrected chi connectivity index (χ4v) is 3.12. The van der Waals surface area contributed by atoms with Gasteiger partial charge in [0.1, 0.15) is 0 Å². The zero-order chi connectivity index (χ0) is 9.76. The predicted octanol–water partition coefficient (Wildman–Crippen LogP) is 2.83. The Kier molecular flexibility index (Phi) is 1.80. The smallest absolute Gasteiger partial charge is 0.0178 e. The number of nitrogens with two attached hydrogens (primary N) is 1. The molecule has 0 aliphatic heterocycles. The van der Waals surface area contributed by atoms with Gasteiger partial charge in [0, 0.05) is 15.9 Å². The molecule has 74 valence electrons. The van der Waals surface area contributed by atoms with Gasteiger partial charge in [0.15, 0.2) is 0 Å². The predicted molar refractivity (Wildman–Crippen MR) is 61.1 cm³/mol. The number of benzene rings is 1. The van der Waals surface area contributed by atoms with Crippen LogP contribution in [0.3, 0.4) is 0 Å². The van der Waals surface area contributed by atoms with Crippen LogP contribution in [0.2, 0.25) is 0 Å². The second kappa shape index (κ2) is 2.83. The van der Waals surface area contributed by atoms with Crippen molar-refractivity contribution in [2.24, 2.45) is 11.7 Å². The Labute approximate surface area is 92.8 Å². The summed E-state index contributed by atoms with van der Waals surface area (Å²) in [6.07, 6.45) is 3.94. The van der Waals surface area contributed by atoms with E-state index in [1.807, 2.05) is 0 Å². The maximum atomic E-state index is 6.11. The molecule has 1 aromatic rings. The largest absolute Gasteiger partial charge is 0.327 e. The molecular formula is C12H14BrN. The number of rotatable bonds is 2. The molecule has 2 aliphatic rings. The normalized spacial score (nSPS) is 35.7. The van der Waals surface area contributed by atoms with Crippen LogP contribution in [-0.2, 0) is 5.41 Å². The van der Waals surface area contributed by atoms with E-state index < -0.39 is 0 Å². The van der Waals surface area contributed by atoms with Crippen LogP contribution >= 0.6 is 15.9 Å². The molecule has 14 heavy (non-hydrogen) atoms. The minimum Gasteiger partial charge on any atom is -0.327 e. The van der Waals surface area contributed by atoms with Crippen molar-refractivity contribution in [1.82, 2.24) is 0 Å². The van der Waals surface area contributed by atoms with Crippen molar-refractivity contribution >= 4 is 15.9 Å². The molecule has 0 aromatic heterocycles. The van der Waals surface area contributed by atoms with Gasteiger partial charge < -0.3 is 5.73 Å². The van der Waals surface area contributed by atoms with E-state index in [4.69, 9.17) is 5.73 Å². The Morgan fingerprint density at radius 3 is 2.57 bits per heavy atom. The highest BCUT2D eigenvalue weighted by Crippen LogP contribution is 2.61. The van der Waals surface area contributed by atoms with Crippen molar-refractivity contribution in [2.45, 2.75) is 30.7 Å². The monoisotopic (exact) mass is 251 g/mol. The van der Waals surface area contributed by atoms with Gasteiger partial charge in [-0.15, -0.1) is 0 Å². The molecule has 0 spiro atoms. The molecule has 2 saturated carbocycles. The number of hydrogen-bond donors (Lipinski definition) is 1. The maximum absolute atomic E-state index is 6.11. The van der Waals surface area contributed by atoms with Crippen LogP contribution in [0, 0.1) is 5.92 Å². The molecule has 2 atom stereocenters. The van der Waals surface area contributed by atoms with Gasteiger partial charge >= 0.3 is 0 Å². The van der Waals surface area contributed by atoms with Crippen LogP contribution < -0.4 is 5.73 Å². The minimum absolute atomic E-state index is 0.351. The third-order valence-corrected chi connectivity index (χ3v) is 4.22. The van der Waals surface area contributed by atoms with Gasteiger partial charge in [0.2, 0.25) is 0 Å². The Morgan fingerprint density at radius 2 is 2.07 bits per heavy atom. The Hall–Kier alpha value is -0.340. The summed E-state index contributed by atoms with van der Waals surface area (Å²) in [5.74, 6) is 0.867. The molecule has 1 nitrogen and oxygen atoms in total. The molecule has 1 aromatic carbocycles. The second-order valence-corrected chi connectivity index (χ2v) is 5.55. The van der Waals surface area contributed by atoms with Crippen LogP contribution in [-0.4, -0.2) is 6.04 Å². The summed E-state index contributed by atoms with van der Waals surface area (Å²) < 4.78 is 1.18. The van der Waals surface area contributed by atoms with E-state index in [2.05, 4.69) is 40.2 Å². The van der Waals surface area contributed by atoms with Gasteiger partial charge in [-0.2, -0.15) is 0 Å². The Bertz CT molecular complexity index is 372. The average molecular weight is 252 g/mol. The van der Waals surface area contributed by atoms with Gasteiger partial charge in [0.05, 0.1) is 0 Å². The van der Waals surface area contributed by atoms with Crippen LogP contribution in [0.1, 0.15) is 24.8 Å².